The van der Waals surface area contributed by atoms with Gasteiger partial charge in [-0.15, -0.1) is 11.3 Å². The number of nitrogens with zero attached hydrogens (tertiary/aromatic N) is 1. The second-order valence-corrected chi connectivity index (χ2v) is 5.60. The third-order valence-corrected chi connectivity index (χ3v) is 4.37. The van der Waals surface area contributed by atoms with Crippen LogP contribution in [0.5, 0.6) is 5.75 Å². The van der Waals surface area contributed by atoms with E-state index in [0.717, 1.165) is 24.3 Å². The second-order valence-electron chi connectivity index (χ2n) is 4.66. The van der Waals surface area contributed by atoms with E-state index in [1.165, 1.54) is 10.6 Å². The zero-order chi connectivity index (χ0) is 14.4. The van der Waals surface area contributed by atoms with Crippen LogP contribution in [0.2, 0.25) is 0 Å². The van der Waals surface area contributed by atoms with Gasteiger partial charge >= 0.3 is 0 Å². The summed E-state index contributed by atoms with van der Waals surface area (Å²) < 4.78 is 5.97. The molecule has 0 saturated heterocycles. The first-order valence-electron chi connectivity index (χ1n) is 7.10. The van der Waals surface area contributed by atoms with Crippen LogP contribution in [-0.4, -0.2) is 12.0 Å². The molecular weight excluding hydrogens is 268 g/mol. The average molecular weight is 290 g/mol. The molecule has 2 rings (SSSR count). The van der Waals surface area contributed by atoms with Gasteiger partial charge in [0.05, 0.1) is 10.7 Å². The molecular formula is C16H22N2OS. The van der Waals surface area contributed by atoms with E-state index in [1.54, 1.807) is 11.3 Å². The van der Waals surface area contributed by atoms with E-state index in [1.807, 2.05) is 19.2 Å². The monoisotopic (exact) mass is 290 g/mol. The molecule has 0 saturated carbocycles. The number of hydrogen-bond acceptors (Lipinski definition) is 4. The van der Waals surface area contributed by atoms with Crippen molar-refractivity contribution in [2.24, 2.45) is 0 Å². The lowest BCUT2D eigenvalue weighted by molar-refractivity contribution is 0.295. The van der Waals surface area contributed by atoms with Crippen LogP contribution in [0, 0.1) is 0 Å². The minimum absolute atomic E-state index is 0.327. The highest BCUT2D eigenvalue weighted by atomic mass is 32.1. The van der Waals surface area contributed by atoms with Crippen LogP contribution >= 0.6 is 11.3 Å². The van der Waals surface area contributed by atoms with Crippen LogP contribution in [0.1, 0.15) is 42.6 Å². The summed E-state index contributed by atoms with van der Waals surface area (Å²) in [4.78, 5) is 4.54. The lowest BCUT2D eigenvalue weighted by atomic mass is 10.0. The van der Waals surface area contributed by atoms with Crippen LogP contribution in [0.25, 0.3) is 0 Å². The topological polar surface area (TPSA) is 34.1 Å². The van der Waals surface area contributed by atoms with Crippen molar-refractivity contribution in [1.82, 2.24) is 10.3 Å². The lowest BCUT2D eigenvalue weighted by Gasteiger charge is -2.18. The molecule has 1 N–H and O–H groups in total. The number of aryl methyl sites for hydroxylation is 1. The molecule has 0 aliphatic heterocycles. The molecule has 1 atom stereocenters. The molecule has 3 nitrogen and oxygen atoms in total. The molecule has 0 amide bonds. The van der Waals surface area contributed by atoms with Gasteiger partial charge in [0.15, 0.2) is 0 Å². The van der Waals surface area contributed by atoms with Crippen molar-refractivity contribution in [3.8, 4) is 5.75 Å². The Hall–Kier alpha value is -1.39. The van der Waals surface area contributed by atoms with Crippen LogP contribution in [0.15, 0.2) is 29.6 Å². The average Bonchev–Trinajstić information content (AvgIpc) is 2.95. The van der Waals surface area contributed by atoms with Crippen LogP contribution in [0.4, 0.5) is 0 Å². The molecule has 1 aromatic heterocycles. The van der Waals surface area contributed by atoms with E-state index < -0.39 is 0 Å². The van der Waals surface area contributed by atoms with Gasteiger partial charge in [-0.2, -0.15) is 0 Å². The first kappa shape index (κ1) is 15.0. The number of thiazole rings is 1. The maximum atomic E-state index is 5.97. The van der Waals surface area contributed by atoms with E-state index in [0.29, 0.717) is 12.6 Å². The Kier molecular flexibility index (Phi) is 5.56. The van der Waals surface area contributed by atoms with Crippen molar-refractivity contribution < 1.29 is 4.74 Å². The predicted molar refractivity (Wildman–Crippen MR) is 84.4 cm³/mol. The van der Waals surface area contributed by atoms with Crippen molar-refractivity contribution in [1.29, 1.82) is 0 Å². The first-order chi connectivity index (χ1) is 9.78. The van der Waals surface area contributed by atoms with Gasteiger partial charge in [-0.3, -0.25) is 0 Å². The summed E-state index contributed by atoms with van der Waals surface area (Å²) in [6, 6.07) is 8.55. The molecule has 4 heteroatoms. The highest BCUT2D eigenvalue weighted by Crippen LogP contribution is 2.27. The normalized spacial score (nSPS) is 12.3. The standard InChI is InChI=1S/C16H22N2OS/c1-4-14(17-3)13-8-6-7-9-15(13)19-10-12-11-20-16(5-2)18-12/h6-9,11,14,17H,4-5,10H2,1-3H3. The highest BCUT2D eigenvalue weighted by molar-refractivity contribution is 7.09. The smallest absolute Gasteiger partial charge is 0.131 e. The minimum atomic E-state index is 0.327. The zero-order valence-corrected chi connectivity index (χ0v) is 13.2. The molecule has 0 radical (unpaired) electrons. The summed E-state index contributed by atoms with van der Waals surface area (Å²) in [5, 5.41) is 6.57. The Morgan fingerprint density at radius 1 is 1.30 bits per heavy atom. The van der Waals surface area contributed by atoms with Crippen molar-refractivity contribution in [3.63, 3.8) is 0 Å². The van der Waals surface area contributed by atoms with Gasteiger partial charge in [-0.05, 0) is 26.0 Å². The second kappa shape index (κ2) is 7.41. The summed E-state index contributed by atoms with van der Waals surface area (Å²) in [5.74, 6) is 0.944. The molecule has 108 valence electrons. The fourth-order valence-electron chi connectivity index (χ4n) is 2.21. The van der Waals surface area contributed by atoms with Gasteiger partial charge in [0.1, 0.15) is 12.4 Å². The van der Waals surface area contributed by atoms with E-state index in [4.69, 9.17) is 4.74 Å². The van der Waals surface area contributed by atoms with Gasteiger partial charge < -0.3 is 10.1 Å². The summed E-state index contributed by atoms with van der Waals surface area (Å²) in [6.07, 6.45) is 2.02. The summed E-state index contributed by atoms with van der Waals surface area (Å²) in [6.45, 7) is 4.83. The van der Waals surface area contributed by atoms with Gasteiger partial charge in [0.2, 0.25) is 0 Å². The number of rotatable bonds is 7. The van der Waals surface area contributed by atoms with Gasteiger partial charge in [0.25, 0.3) is 0 Å². The maximum absolute atomic E-state index is 5.97. The minimum Gasteiger partial charge on any atom is -0.487 e. The molecule has 2 aromatic rings. The number of para-hydroxylation sites is 1. The Morgan fingerprint density at radius 2 is 2.10 bits per heavy atom. The molecule has 0 aliphatic rings. The Morgan fingerprint density at radius 3 is 2.75 bits per heavy atom. The van der Waals surface area contributed by atoms with Crippen molar-refractivity contribution >= 4 is 11.3 Å². The van der Waals surface area contributed by atoms with Gasteiger partial charge in [-0.1, -0.05) is 32.0 Å². The quantitative estimate of drug-likeness (QED) is 0.838. The molecule has 0 fully saturated rings. The van der Waals surface area contributed by atoms with E-state index in [-0.39, 0.29) is 0 Å². The fourth-order valence-corrected chi connectivity index (χ4v) is 2.94. The molecule has 0 spiro atoms. The van der Waals surface area contributed by atoms with Crippen molar-refractivity contribution in [2.75, 3.05) is 7.05 Å². The van der Waals surface area contributed by atoms with Gasteiger partial charge in [-0.25, -0.2) is 4.98 Å². The molecule has 1 unspecified atom stereocenters. The lowest BCUT2D eigenvalue weighted by Crippen LogP contribution is -2.16. The SMILES string of the molecule is CCc1nc(COc2ccccc2C(CC)NC)cs1. The number of hydrogen-bond donors (Lipinski definition) is 1. The third kappa shape index (κ3) is 3.58. The fraction of sp³-hybridized carbons (Fsp3) is 0.438. The highest BCUT2D eigenvalue weighted by Gasteiger charge is 2.12. The van der Waals surface area contributed by atoms with Crippen LogP contribution in [0.3, 0.4) is 0 Å². The number of aromatic nitrogens is 1. The van der Waals surface area contributed by atoms with Crippen LogP contribution < -0.4 is 10.1 Å². The molecule has 0 bridgehead atoms. The molecule has 1 heterocycles. The largest absolute Gasteiger partial charge is 0.487 e. The Bertz CT molecular complexity index is 535. The molecule has 1 aromatic carbocycles. The van der Waals surface area contributed by atoms with Crippen molar-refractivity contribution in [2.45, 2.75) is 39.3 Å². The Labute approximate surface area is 125 Å². The van der Waals surface area contributed by atoms with E-state index >= 15 is 0 Å². The molecule has 20 heavy (non-hydrogen) atoms. The van der Waals surface area contributed by atoms with Crippen LogP contribution in [-0.2, 0) is 13.0 Å². The zero-order valence-electron chi connectivity index (χ0n) is 12.3. The maximum Gasteiger partial charge on any atom is 0.131 e. The summed E-state index contributed by atoms with van der Waals surface area (Å²) in [7, 11) is 1.99. The summed E-state index contributed by atoms with van der Waals surface area (Å²) >= 11 is 1.70. The summed E-state index contributed by atoms with van der Waals surface area (Å²) in [5.41, 5.74) is 2.22. The van der Waals surface area contributed by atoms with E-state index in [2.05, 4.69) is 41.7 Å². The number of nitrogens with one attached hydrogen (secondary N) is 1. The Balaban J connectivity index is 2.09. The van der Waals surface area contributed by atoms with Gasteiger partial charge in [0, 0.05) is 17.0 Å². The predicted octanol–water partition coefficient (Wildman–Crippen LogP) is 3.96. The van der Waals surface area contributed by atoms with Crippen molar-refractivity contribution in [3.05, 3.63) is 45.9 Å². The van der Waals surface area contributed by atoms with E-state index in [9.17, 15) is 0 Å². The number of ether oxygens (including phenoxy) is 1. The molecule has 0 aliphatic carbocycles. The first-order valence-corrected chi connectivity index (χ1v) is 7.98. The number of benzene rings is 1. The third-order valence-electron chi connectivity index (χ3n) is 3.33.